The van der Waals surface area contributed by atoms with E-state index in [-0.39, 0.29) is 0 Å². The summed E-state index contributed by atoms with van der Waals surface area (Å²) in [6, 6.07) is 16.5. The molecule has 3 heteroatoms. The average Bonchev–Trinajstić information content (AvgIpc) is 2.54. The van der Waals surface area contributed by atoms with Crippen molar-refractivity contribution in [1.82, 2.24) is 5.32 Å². The summed E-state index contributed by atoms with van der Waals surface area (Å²) < 4.78 is 11.1. The Morgan fingerprint density at radius 2 is 1.81 bits per heavy atom. The van der Waals surface area contributed by atoms with Gasteiger partial charge < -0.3 is 14.8 Å². The van der Waals surface area contributed by atoms with E-state index in [2.05, 4.69) is 35.6 Å². The zero-order chi connectivity index (χ0) is 14.9. The fourth-order valence-corrected chi connectivity index (χ4v) is 2.27. The van der Waals surface area contributed by atoms with Crippen LogP contribution in [-0.2, 0) is 13.0 Å². The van der Waals surface area contributed by atoms with Crippen LogP contribution in [0.1, 0.15) is 18.1 Å². The number of rotatable bonds is 8. The van der Waals surface area contributed by atoms with Crippen LogP contribution in [0.5, 0.6) is 11.5 Å². The molecule has 0 spiro atoms. The number of hydrogen-bond donors (Lipinski definition) is 1. The van der Waals surface area contributed by atoms with Gasteiger partial charge in [0.2, 0.25) is 0 Å². The second kappa shape index (κ2) is 8.32. The Balaban J connectivity index is 1.90. The van der Waals surface area contributed by atoms with Crippen molar-refractivity contribution in [3.63, 3.8) is 0 Å². The van der Waals surface area contributed by atoms with Gasteiger partial charge in [-0.2, -0.15) is 0 Å². The van der Waals surface area contributed by atoms with Crippen molar-refractivity contribution in [3.8, 4) is 11.5 Å². The third-order valence-corrected chi connectivity index (χ3v) is 3.32. The van der Waals surface area contributed by atoms with Crippen LogP contribution >= 0.6 is 0 Å². The molecule has 0 bridgehead atoms. The van der Waals surface area contributed by atoms with E-state index in [4.69, 9.17) is 9.47 Å². The molecule has 0 aliphatic heterocycles. The molecule has 2 aromatic rings. The molecule has 21 heavy (non-hydrogen) atoms. The predicted octanol–water partition coefficient (Wildman–Crippen LogP) is 3.43. The van der Waals surface area contributed by atoms with Gasteiger partial charge in [0.15, 0.2) is 11.5 Å². The number of benzene rings is 2. The summed E-state index contributed by atoms with van der Waals surface area (Å²) in [5, 5.41) is 3.46. The smallest absolute Gasteiger partial charge is 0.165 e. The predicted molar refractivity (Wildman–Crippen MR) is 86.0 cm³/mol. The Hall–Kier alpha value is -2.00. The Labute approximate surface area is 126 Å². The van der Waals surface area contributed by atoms with Crippen molar-refractivity contribution in [2.45, 2.75) is 19.9 Å². The first-order valence-corrected chi connectivity index (χ1v) is 7.38. The third kappa shape index (κ3) is 4.50. The number of para-hydroxylation sites is 1. The fourth-order valence-electron chi connectivity index (χ4n) is 2.27. The highest BCUT2D eigenvalue weighted by Gasteiger charge is 2.09. The number of methoxy groups -OCH3 is 1. The van der Waals surface area contributed by atoms with E-state index in [1.807, 2.05) is 25.1 Å². The zero-order valence-corrected chi connectivity index (χ0v) is 12.8. The maximum Gasteiger partial charge on any atom is 0.165 e. The van der Waals surface area contributed by atoms with Gasteiger partial charge >= 0.3 is 0 Å². The summed E-state index contributed by atoms with van der Waals surface area (Å²) in [7, 11) is 1.67. The molecule has 0 aliphatic rings. The summed E-state index contributed by atoms with van der Waals surface area (Å²) in [6.45, 7) is 4.34. The van der Waals surface area contributed by atoms with Crippen molar-refractivity contribution in [1.29, 1.82) is 0 Å². The van der Waals surface area contributed by atoms with E-state index in [1.54, 1.807) is 7.11 Å². The lowest BCUT2D eigenvalue weighted by molar-refractivity contribution is 0.307. The van der Waals surface area contributed by atoms with Gasteiger partial charge in [-0.3, -0.25) is 0 Å². The SMILES string of the molecule is CCOc1c(CNCCc2ccccc2)cccc1OC. The molecular formula is C18H23NO2. The number of hydrogen-bond acceptors (Lipinski definition) is 3. The van der Waals surface area contributed by atoms with Crippen LogP contribution in [0.2, 0.25) is 0 Å². The summed E-state index contributed by atoms with van der Waals surface area (Å²) in [5.41, 5.74) is 2.48. The monoisotopic (exact) mass is 285 g/mol. The zero-order valence-electron chi connectivity index (χ0n) is 12.8. The van der Waals surface area contributed by atoms with Crippen LogP contribution in [0.15, 0.2) is 48.5 Å². The molecule has 2 aromatic carbocycles. The highest BCUT2D eigenvalue weighted by Crippen LogP contribution is 2.30. The molecule has 0 aromatic heterocycles. The Morgan fingerprint density at radius 1 is 1.00 bits per heavy atom. The van der Waals surface area contributed by atoms with Crippen molar-refractivity contribution in [2.24, 2.45) is 0 Å². The second-order valence-electron chi connectivity index (χ2n) is 4.79. The van der Waals surface area contributed by atoms with E-state index in [1.165, 1.54) is 5.56 Å². The fraction of sp³-hybridized carbons (Fsp3) is 0.333. The number of ether oxygens (including phenoxy) is 2. The van der Waals surface area contributed by atoms with E-state index in [9.17, 15) is 0 Å². The number of nitrogens with one attached hydrogen (secondary N) is 1. The Morgan fingerprint density at radius 3 is 2.52 bits per heavy atom. The highest BCUT2D eigenvalue weighted by molar-refractivity contribution is 5.46. The van der Waals surface area contributed by atoms with Crippen molar-refractivity contribution < 1.29 is 9.47 Å². The lowest BCUT2D eigenvalue weighted by Crippen LogP contribution is -2.17. The molecule has 3 nitrogen and oxygen atoms in total. The topological polar surface area (TPSA) is 30.5 Å². The van der Waals surface area contributed by atoms with Gasteiger partial charge in [-0.05, 0) is 31.5 Å². The van der Waals surface area contributed by atoms with Gasteiger partial charge in [0.25, 0.3) is 0 Å². The molecule has 112 valence electrons. The minimum Gasteiger partial charge on any atom is -0.493 e. The largest absolute Gasteiger partial charge is 0.493 e. The molecule has 0 saturated heterocycles. The maximum atomic E-state index is 5.71. The maximum absolute atomic E-state index is 5.71. The lowest BCUT2D eigenvalue weighted by atomic mass is 10.1. The van der Waals surface area contributed by atoms with Gasteiger partial charge in [-0.15, -0.1) is 0 Å². The molecule has 1 N–H and O–H groups in total. The van der Waals surface area contributed by atoms with E-state index in [0.29, 0.717) is 6.61 Å². The molecule has 0 unspecified atom stereocenters. The van der Waals surface area contributed by atoms with Crippen LogP contribution in [0.25, 0.3) is 0 Å². The summed E-state index contributed by atoms with van der Waals surface area (Å²) >= 11 is 0. The van der Waals surface area contributed by atoms with Crippen LogP contribution in [0.4, 0.5) is 0 Å². The van der Waals surface area contributed by atoms with Gasteiger partial charge in [0.1, 0.15) is 0 Å². The van der Waals surface area contributed by atoms with Crippen molar-refractivity contribution in [3.05, 3.63) is 59.7 Å². The first kappa shape index (κ1) is 15.4. The highest BCUT2D eigenvalue weighted by atomic mass is 16.5. The third-order valence-electron chi connectivity index (χ3n) is 3.32. The molecule has 0 fully saturated rings. The molecule has 0 amide bonds. The first-order chi connectivity index (χ1) is 10.3. The average molecular weight is 285 g/mol. The molecule has 0 atom stereocenters. The Kier molecular flexibility index (Phi) is 6.10. The van der Waals surface area contributed by atoms with Crippen LogP contribution in [0, 0.1) is 0 Å². The Bertz CT molecular complexity index is 540. The molecular weight excluding hydrogens is 262 g/mol. The molecule has 0 aliphatic carbocycles. The molecule has 0 saturated carbocycles. The summed E-state index contributed by atoms with van der Waals surface area (Å²) in [5.74, 6) is 1.63. The molecule has 0 heterocycles. The quantitative estimate of drug-likeness (QED) is 0.754. The summed E-state index contributed by atoms with van der Waals surface area (Å²) in [4.78, 5) is 0. The standard InChI is InChI=1S/C18H23NO2/c1-3-21-18-16(10-7-11-17(18)20-2)14-19-13-12-15-8-5-4-6-9-15/h4-11,19H,3,12-14H2,1-2H3. The van der Waals surface area contributed by atoms with E-state index in [0.717, 1.165) is 36.6 Å². The normalized spacial score (nSPS) is 10.4. The van der Waals surface area contributed by atoms with Crippen LogP contribution < -0.4 is 14.8 Å². The van der Waals surface area contributed by atoms with Gasteiger partial charge in [-0.25, -0.2) is 0 Å². The van der Waals surface area contributed by atoms with Gasteiger partial charge in [-0.1, -0.05) is 42.5 Å². The first-order valence-electron chi connectivity index (χ1n) is 7.38. The van der Waals surface area contributed by atoms with Crippen LogP contribution in [-0.4, -0.2) is 20.3 Å². The lowest BCUT2D eigenvalue weighted by Gasteiger charge is -2.14. The molecule has 0 radical (unpaired) electrons. The van der Waals surface area contributed by atoms with Crippen LogP contribution in [0.3, 0.4) is 0 Å². The van der Waals surface area contributed by atoms with E-state index < -0.39 is 0 Å². The van der Waals surface area contributed by atoms with Gasteiger partial charge in [0.05, 0.1) is 13.7 Å². The summed E-state index contributed by atoms with van der Waals surface area (Å²) in [6.07, 6.45) is 1.02. The second-order valence-corrected chi connectivity index (χ2v) is 4.79. The van der Waals surface area contributed by atoms with Gasteiger partial charge in [0, 0.05) is 12.1 Å². The van der Waals surface area contributed by atoms with Crippen molar-refractivity contribution in [2.75, 3.05) is 20.3 Å². The minimum atomic E-state index is 0.636. The molecule has 2 rings (SSSR count). The van der Waals surface area contributed by atoms with E-state index >= 15 is 0 Å². The minimum absolute atomic E-state index is 0.636. The van der Waals surface area contributed by atoms with Crippen molar-refractivity contribution >= 4 is 0 Å².